The molecule has 0 spiro atoms. The molecule has 1 aromatic heterocycles. The molecule has 1 fully saturated rings. The normalized spacial score (nSPS) is 15.2. The quantitative estimate of drug-likeness (QED) is 0.749. The fourth-order valence-corrected chi connectivity index (χ4v) is 2.37. The molecule has 3 heteroatoms. The van der Waals surface area contributed by atoms with E-state index in [0.29, 0.717) is 6.04 Å². The van der Waals surface area contributed by atoms with E-state index in [2.05, 4.69) is 48.1 Å². The minimum Gasteiger partial charge on any atom is -0.310 e. The molecule has 1 aliphatic carbocycles. The van der Waals surface area contributed by atoms with Crippen LogP contribution in [0.3, 0.4) is 0 Å². The van der Waals surface area contributed by atoms with Gasteiger partial charge in [0.15, 0.2) is 0 Å². The smallest absolute Gasteiger partial charge is 0.0544 e. The van der Waals surface area contributed by atoms with E-state index in [0.717, 1.165) is 19.1 Å². The number of hydrogen-bond acceptors (Lipinski definition) is 3. The van der Waals surface area contributed by atoms with E-state index in [4.69, 9.17) is 0 Å². The standard InChI is InChI=1S/C17H29N3/c1-4-5-10-20(17-8-9-17)13-16-7-6-15(12-19-16)11-18-14(2)3/h6-7,12,14,17-18H,4-5,8-11,13H2,1-3H3. The highest BCUT2D eigenvalue weighted by molar-refractivity contribution is 5.14. The van der Waals surface area contributed by atoms with Gasteiger partial charge in [0.25, 0.3) is 0 Å². The van der Waals surface area contributed by atoms with E-state index < -0.39 is 0 Å². The van der Waals surface area contributed by atoms with E-state index in [1.54, 1.807) is 0 Å². The molecule has 2 rings (SSSR count). The van der Waals surface area contributed by atoms with Gasteiger partial charge in [0.05, 0.1) is 5.69 Å². The van der Waals surface area contributed by atoms with E-state index in [1.165, 1.54) is 43.5 Å². The molecule has 0 amide bonds. The lowest BCUT2D eigenvalue weighted by Gasteiger charge is -2.21. The Bertz CT molecular complexity index is 382. The van der Waals surface area contributed by atoms with Gasteiger partial charge in [-0.25, -0.2) is 0 Å². The first-order chi connectivity index (χ1) is 9.69. The second-order valence-corrected chi connectivity index (χ2v) is 6.25. The molecule has 1 aliphatic rings. The summed E-state index contributed by atoms with van der Waals surface area (Å²) in [7, 11) is 0. The Kier molecular flexibility index (Phi) is 5.99. The molecular weight excluding hydrogens is 246 g/mol. The van der Waals surface area contributed by atoms with Crippen LogP contribution in [0.5, 0.6) is 0 Å². The van der Waals surface area contributed by atoms with Gasteiger partial charge >= 0.3 is 0 Å². The monoisotopic (exact) mass is 275 g/mol. The molecule has 1 saturated carbocycles. The zero-order valence-corrected chi connectivity index (χ0v) is 13.2. The number of nitrogens with zero attached hydrogens (tertiary/aromatic N) is 2. The first-order valence-corrected chi connectivity index (χ1v) is 8.10. The zero-order chi connectivity index (χ0) is 14.4. The van der Waals surface area contributed by atoms with Crippen molar-refractivity contribution in [3.63, 3.8) is 0 Å². The van der Waals surface area contributed by atoms with Crippen molar-refractivity contribution in [2.75, 3.05) is 6.54 Å². The lowest BCUT2D eigenvalue weighted by molar-refractivity contribution is 0.248. The van der Waals surface area contributed by atoms with Gasteiger partial charge in [0.2, 0.25) is 0 Å². The number of unbranched alkanes of at least 4 members (excludes halogenated alkanes) is 1. The van der Waals surface area contributed by atoms with Crippen molar-refractivity contribution in [1.82, 2.24) is 15.2 Å². The van der Waals surface area contributed by atoms with E-state index in [-0.39, 0.29) is 0 Å². The van der Waals surface area contributed by atoms with Crippen LogP contribution in [0.2, 0.25) is 0 Å². The van der Waals surface area contributed by atoms with Crippen molar-refractivity contribution >= 4 is 0 Å². The third kappa shape index (κ3) is 5.22. The lowest BCUT2D eigenvalue weighted by Crippen LogP contribution is -2.27. The lowest BCUT2D eigenvalue weighted by atomic mass is 10.2. The average molecular weight is 275 g/mol. The molecule has 1 N–H and O–H groups in total. The van der Waals surface area contributed by atoms with Gasteiger partial charge in [-0.15, -0.1) is 0 Å². The highest BCUT2D eigenvalue weighted by Crippen LogP contribution is 2.28. The van der Waals surface area contributed by atoms with Crippen molar-refractivity contribution in [3.05, 3.63) is 29.6 Å². The molecule has 3 nitrogen and oxygen atoms in total. The van der Waals surface area contributed by atoms with Gasteiger partial charge in [-0.05, 0) is 37.4 Å². The molecule has 0 radical (unpaired) electrons. The Hall–Kier alpha value is -0.930. The van der Waals surface area contributed by atoms with Gasteiger partial charge < -0.3 is 5.32 Å². The van der Waals surface area contributed by atoms with Crippen LogP contribution in [0, 0.1) is 0 Å². The van der Waals surface area contributed by atoms with E-state index >= 15 is 0 Å². The van der Waals surface area contributed by atoms with Crippen molar-refractivity contribution in [2.24, 2.45) is 0 Å². The van der Waals surface area contributed by atoms with Crippen LogP contribution in [-0.4, -0.2) is 28.5 Å². The Morgan fingerprint density at radius 3 is 2.70 bits per heavy atom. The average Bonchev–Trinajstić information content (AvgIpc) is 3.27. The summed E-state index contributed by atoms with van der Waals surface area (Å²) < 4.78 is 0. The summed E-state index contributed by atoms with van der Waals surface area (Å²) in [5, 5.41) is 3.43. The summed E-state index contributed by atoms with van der Waals surface area (Å²) >= 11 is 0. The number of rotatable bonds is 9. The molecule has 0 unspecified atom stereocenters. The molecule has 0 bridgehead atoms. The maximum absolute atomic E-state index is 4.63. The zero-order valence-electron chi connectivity index (χ0n) is 13.2. The van der Waals surface area contributed by atoms with Gasteiger partial charge in [-0.3, -0.25) is 9.88 Å². The van der Waals surface area contributed by atoms with Gasteiger partial charge in [0, 0.05) is 31.4 Å². The minimum atomic E-state index is 0.522. The molecular formula is C17H29N3. The maximum atomic E-state index is 4.63. The van der Waals surface area contributed by atoms with Crippen molar-refractivity contribution in [2.45, 2.75) is 71.6 Å². The largest absolute Gasteiger partial charge is 0.310 e. The summed E-state index contributed by atoms with van der Waals surface area (Å²) in [6, 6.07) is 5.75. The SMILES string of the molecule is CCCCN(Cc1ccc(CNC(C)C)cn1)C1CC1. The van der Waals surface area contributed by atoms with Crippen LogP contribution in [0.1, 0.15) is 57.7 Å². The Morgan fingerprint density at radius 2 is 2.15 bits per heavy atom. The predicted molar refractivity (Wildman–Crippen MR) is 84.6 cm³/mol. The second kappa shape index (κ2) is 7.75. The van der Waals surface area contributed by atoms with Gasteiger partial charge in [-0.1, -0.05) is 33.3 Å². The molecule has 0 atom stereocenters. The third-order valence-corrected chi connectivity index (χ3v) is 3.83. The second-order valence-electron chi connectivity index (χ2n) is 6.25. The van der Waals surface area contributed by atoms with Crippen molar-refractivity contribution in [3.8, 4) is 0 Å². The van der Waals surface area contributed by atoms with Crippen molar-refractivity contribution in [1.29, 1.82) is 0 Å². The van der Waals surface area contributed by atoms with Crippen LogP contribution in [0.15, 0.2) is 18.3 Å². The van der Waals surface area contributed by atoms with Crippen LogP contribution < -0.4 is 5.32 Å². The summed E-state index contributed by atoms with van der Waals surface area (Å²) in [4.78, 5) is 7.24. The summed E-state index contributed by atoms with van der Waals surface area (Å²) in [5.41, 5.74) is 2.48. The highest BCUT2D eigenvalue weighted by Gasteiger charge is 2.28. The Balaban J connectivity index is 1.85. The first-order valence-electron chi connectivity index (χ1n) is 8.10. The molecule has 20 heavy (non-hydrogen) atoms. The molecule has 1 aromatic rings. The number of aromatic nitrogens is 1. The van der Waals surface area contributed by atoms with Crippen LogP contribution in [-0.2, 0) is 13.1 Å². The fourth-order valence-electron chi connectivity index (χ4n) is 2.37. The number of nitrogens with one attached hydrogen (secondary N) is 1. The first kappa shape index (κ1) is 15.5. The summed E-state index contributed by atoms with van der Waals surface area (Å²) in [6.45, 7) is 9.75. The summed E-state index contributed by atoms with van der Waals surface area (Å²) in [6.07, 6.45) is 7.35. The van der Waals surface area contributed by atoms with Crippen LogP contribution >= 0.6 is 0 Å². The summed E-state index contributed by atoms with van der Waals surface area (Å²) in [5.74, 6) is 0. The number of hydrogen-bond donors (Lipinski definition) is 1. The highest BCUT2D eigenvalue weighted by atomic mass is 15.2. The van der Waals surface area contributed by atoms with E-state index in [9.17, 15) is 0 Å². The van der Waals surface area contributed by atoms with Crippen molar-refractivity contribution < 1.29 is 0 Å². The van der Waals surface area contributed by atoms with Crippen LogP contribution in [0.4, 0.5) is 0 Å². The van der Waals surface area contributed by atoms with Gasteiger partial charge in [-0.2, -0.15) is 0 Å². The molecule has 0 saturated heterocycles. The molecule has 0 aromatic carbocycles. The maximum Gasteiger partial charge on any atom is 0.0544 e. The Morgan fingerprint density at radius 1 is 1.35 bits per heavy atom. The fraction of sp³-hybridized carbons (Fsp3) is 0.706. The molecule has 0 aliphatic heterocycles. The topological polar surface area (TPSA) is 28.2 Å². The van der Waals surface area contributed by atoms with Crippen LogP contribution in [0.25, 0.3) is 0 Å². The molecule has 112 valence electrons. The molecule has 1 heterocycles. The Labute approximate surface area is 123 Å². The van der Waals surface area contributed by atoms with Gasteiger partial charge in [0.1, 0.15) is 0 Å². The minimum absolute atomic E-state index is 0.522. The predicted octanol–water partition coefficient (Wildman–Crippen LogP) is 3.34. The van der Waals surface area contributed by atoms with E-state index in [1.807, 2.05) is 6.20 Å². The number of pyridine rings is 1. The third-order valence-electron chi connectivity index (χ3n) is 3.83.